The first kappa shape index (κ1) is 32.5. The first-order chi connectivity index (χ1) is 19.3. The minimum atomic E-state index is -5.08. The van der Waals surface area contributed by atoms with Gasteiger partial charge >= 0.3 is 24.3 Å². The number of ether oxygens (including phenoxy) is 1. The van der Waals surface area contributed by atoms with Crippen LogP contribution >= 0.6 is 0 Å². The molecular weight excluding hydrogens is 541 g/mol. The third-order valence-corrected chi connectivity index (χ3v) is 8.61. The molecule has 3 heterocycles. The van der Waals surface area contributed by atoms with E-state index in [0.29, 0.717) is 12.0 Å². The number of anilines is 1. The number of carboxylic acids is 1. The Hall–Kier alpha value is -3.02. The Morgan fingerprint density at radius 1 is 1.10 bits per heavy atom. The second kappa shape index (κ2) is 13.8. The minimum Gasteiger partial charge on any atom is -0.475 e. The summed E-state index contributed by atoms with van der Waals surface area (Å²) in [7, 11) is 1.85. The van der Waals surface area contributed by atoms with Crippen molar-refractivity contribution in [2.24, 2.45) is 5.92 Å². The molecule has 3 aliphatic rings. The topological polar surface area (TPSA) is 102 Å². The van der Waals surface area contributed by atoms with Crippen molar-refractivity contribution in [1.29, 1.82) is 0 Å². The van der Waals surface area contributed by atoms with Crippen LogP contribution < -0.4 is 5.32 Å². The highest BCUT2D eigenvalue weighted by atomic mass is 19.4. The second-order valence-corrected chi connectivity index (χ2v) is 11.4. The van der Waals surface area contributed by atoms with Gasteiger partial charge in [0.1, 0.15) is 5.60 Å². The number of benzene rings is 1. The van der Waals surface area contributed by atoms with Gasteiger partial charge in [-0.3, -0.25) is 4.90 Å². The zero-order valence-electron chi connectivity index (χ0n) is 24.4. The number of rotatable bonds is 5. The molecule has 1 aromatic rings. The Balaban J connectivity index is 0.000000587. The van der Waals surface area contributed by atoms with Crippen LogP contribution in [0.4, 0.5) is 28.4 Å². The molecule has 0 radical (unpaired) electrons. The molecule has 0 bridgehead atoms. The lowest BCUT2D eigenvalue weighted by atomic mass is 9.75. The maximum Gasteiger partial charge on any atom is 0.490 e. The summed E-state index contributed by atoms with van der Waals surface area (Å²) < 4.78 is 37.8. The van der Waals surface area contributed by atoms with E-state index >= 15 is 0 Å². The quantitative estimate of drug-likeness (QED) is 0.464. The number of nitrogens with zero attached hydrogens (tertiary/aromatic N) is 3. The lowest BCUT2D eigenvalue weighted by Gasteiger charge is -2.51. The van der Waals surface area contributed by atoms with Gasteiger partial charge in [-0.15, -0.1) is 0 Å². The van der Waals surface area contributed by atoms with Crippen molar-refractivity contribution in [3.63, 3.8) is 0 Å². The van der Waals surface area contributed by atoms with Crippen LogP contribution in [0.25, 0.3) is 0 Å². The zero-order valence-corrected chi connectivity index (χ0v) is 24.4. The Labute approximate surface area is 240 Å². The molecule has 2 N–H and O–H groups in total. The summed E-state index contributed by atoms with van der Waals surface area (Å²) in [6, 6.07) is 6.59. The smallest absolute Gasteiger partial charge is 0.475 e. The standard InChI is InChI=1S/C27H42N4O3.C2HF3O2/c1-5-6-10-22-19-29(4)26(33)34-27(22)13-17-30(18-14-27)23-11-15-31(16-12-23)25(32)28-24-20(2)8-7-9-21(24)3;3-2(4,5)1(6)7/h7-9,22-23H,5-6,10-19H2,1-4H3,(H,28,32);(H,6,7). The molecule has 12 heteroatoms. The third kappa shape index (κ3) is 8.27. The Bertz CT molecular complexity index is 1050. The number of amides is 3. The normalized spacial score (nSPS) is 21.6. The number of urea groups is 1. The molecule has 3 saturated heterocycles. The van der Waals surface area contributed by atoms with E-state index in [-0.39, 0.29) is 17.7 Å². The highest BCUT2D eigenvalue weighted by molar-refractivity contribution is 5.91. The third-order valence-electron chi connectivity index (χ3n) is 8.61. The fourth-order valence-corrected chi connectivity index (χ4v) is 6.12. The molecule has 3 amide bonds. The van der Waals surface area contributed by atoms with Gasteiger partial charge in [-0.05, 0) is 44.2 Å². The van der Waals surface area contributed by atoms with Crippen LogP contribution in [0.5, 0.6) is 0 Å². The summed E-state index contributed by atoms with van der Waals surface area (Å²) in [6.45, 7) is 10.6. The van der Waals surface area contributed by atoms with Crippen molar-refractivity contribution in [2.45, 2.75) is 83.5 Å². The number of halogens is 3. The van der Waals surface area contributed by atoms with Crippen LogP contribution in [-0.2, 0) is 9.53 Å². The molecule has 9 nitrogen and oxygen atoms in total. The van der Waals surface area contributed by atoms with Crippen molar-refractivity contribution in [3.8, 4) is 0 Å². The zero-order chi connectivity index (χ0) is 30.4. The molecule has 4 rings (SSSR count). The van der Waals surface area contributed by atoms with Crippen LogP contribution in [0.2, 0.25) is 0 Å². The van der Waals surface area contributed by atoms with Gasteiger partial charge in [0.25, 0.3) is 0 Å². The Kier molecular flexibility index (Phi) is 10.9. The molecule has 0 saturated carbocycles. The number of carbonyl (C=O) groups is 3. The van der Waals surface area contributed by atoms with Gasteiger partial charge in [0, 0.05) is 70.3 Å². The van der Waals surface area contributed by atoms with Crippen molar-refractivity contribution in [1.82, 2.24) is 14.7 Å². The first-order valence-corrected chi connectivity index (χ1v) is 14.4. The van der Waals surface area contributed by atoms with Gasteiger partial charge in [0.15, 0.2) is 0 Å². The lowest BCUT2D eigenvalue weighted by Crippen LogP contribution is -2.60. The average Bonchev–Trinajstić information content (AvgIpc) is 2.92. The van der Waals surface area contributed by atoms with E-state index in [2.05, 4.69) is 17.1 Å². The number of para-hydroxylation sites is 1. The second-order valence-electron chi connectivity index (χ2n) is 11.4. The number of alkyl halides is 3. The van der Waals surface area contributed by atoms with Crippen LogP contribution in [0, 0.1) is 19.8 Å². The Morgan fingerprint density at radius 3 is 2.17 bits per heavy atom. The van der Waals surface area contributed by atoms with E-state index in [9.17, 15) is 22.8 Å². The van der Waals surface area contributed by atoms with Gasteiger partial charge in [0.05, 0.1) is 0 Å². The predicted molar refractivity (Wildman–Crippen MR) is 149 cm³/mol. The average molecular weight is 585 g/mol. The van der Waals surface area contributed by atoms with Gasteiger partial charge < -0.3 is 25.0 Å². The molecule has 1 spiro atoms. The number of aryl methyl sites for hydroxylation is 2. The molecule has 0 aliphatic carbocycles. The van der Waals surface area contributed by atoms with Gasteiger partial charge in [-0.1, -0.05) is 38.0 Å². The Morgan fingerprint density at radius 2 is 1.66 bits per heavy atom. The summed E-state index contributed by atoms with van der Waals surface area (Å²) >= 11 is 0. The van der Waals surface area contributed by atoms with E-state index in [1.165, 1.54) is 12.8 Å². The number of carboxylic acid groups (broad SMARTS) is 1. The summed E-state index contributed by atoms with van der Waals surface area (Å²) in [4.78, 5) is 40.4. The fraction of sp³-hybridized carbons (Fsp3) is 0.690. The fourth-order valence-electron chi connectivity index (χ4n) is 6.12. The highest BCUT2D eigenvalue weighted by Crippen LogP contribution is 2.41. The number of hydrogen-bond donors (Lipinski definition) is 2. The van der Waals surface area contributed by atoms with Gasteiger partial charge in [0.2, 0.25) is 0 Å². The van der Waals surface area contributed by atoms with Crippen LogP contribution in [-0.4, -0.2) is 95.5 Å². The predicted octanol–water partition coefficient (Wildman–Crippen LogP) is 5.66. The molecule has 41 heavy (non-hydrogen) atoms. The molecule has 230 valence electrons. The monoisotopic (exact) mass is 584 g/mol. The molecular formula is C29H43F3N4O5. The van der Waals surface area contributed by atoms with E-state index in [0.717, 1.165) is 81.6 Å². The summed E-state index contributed by atoms with van der Waals surface area (Å²) in [5.41, 5.74) is 2.83. The SMILES string of the molecule is CCCCC1CN(C)C(=O)OC12CCN(C1CCN(C(=O)Nc3c(C)cccc3C)CC1)CC2.O=C(O)C(F)(F)F. The number of likely N-dealkylation sites (tertiary alicyclic amines) is 2. The van der Waals surface area contributed by atoms with Gasteiger partial charge in [-0.2, -0.15) is 13.2 Å². The van der Waals surface area contributed by atoms with E-state index in [4.69, 9.17) is 14.6 Å². The minimum absolute atomic E-state index is 0.00505. The van der Waals surface area contributed by atoms with E-state index in [1.807, 2.05) is 44.0 Å². The number of carbonyl (C=O) groups excluding carboxylic acids is 2. The number of aliphatic carboxylic acids is 1. The largest absolute Gasteiger partial charge is 0.490 e. The van der Waals surface area contributed by atoms with Crippen LogP contribution in [0.1, 0.15) is 63.0 Å². The first-order valence-electron chi connectivity index (χ1n) is 14.4. The van der Waals surface area contributed by atoms with Crippen molar-refractivity contribution < 1.29 is 37.4 Å². The van der Waals surface area contributed by atoms with Crippen LogP contribution in [0.3, 0.4) is 0 Å². The van der Waals surface area contributed by atoms with Crippen molar-refractivity contribution in [3.05, 3.63) is 29.3 Å². The molecule has 1 atom stereocenters. The van der Waals surface area contributed by atoms with Crippen molar-refractivity contribution >= 4 is 23.8 Å². The summed E-state index contributed by atoms with van der Waals surface area (Å²) in [5.74, 6) is -2.33. The van der Waals surface area contributed by atoms with E-state index < -0.39 is 12.1 Å². The number of hydrogen-bond acceptors (Lipinski definition) is 5. The number of nitrogens with one attached hydrogen (secondary N) is 1. The van der Waals surface area contributed by atoms with Gasteiger partial charge in [-0.25, -0.2) is 14.4 Å². The molecule has 3 aliphatic heterocycles. The lowest BCUT2D eigenvalue weighted by molar-refractivity contribution is -0.192. The number of unbranched alkanes of at least 4 members (excludes halogenated alkanes) is 1. The van der Waals surface area contributed by atoms with Crippen molar-refractivity contribution in [2.75, 3.05) is 45.1 Å². The molecule has 0 aromatic heterocycles. The highest BCUT2D eigenvalue weighted by Gasteiger charge is 2.49. The summed E-state index contributed by atoms with van der Waals surface area (Å²) in [5, 5.41) is 10.3. The number of piperidine rings is 2. The van der Waals surface area contributed by atoms with Crippen LogP contribution in [0.15, 0.2) is 18.2 Å². The van der Waals surface area contributed by atoms with E-state index in [1.54, 1.807) is 4.90 Å². The molecule has 1 unspecified atom stereocenters. The molecule has 3 fully saturated rings. The summed E-state index contributed by atoms with van der Waals surface area (Å²) in [6.07, 6.45) is 2.08. The maximum atomic E-state index is 12.9. The maximum absolute atomic E-state index is 12.9. The molecule has 1 aromatic carbocycles.